The second-order valence-corrected chi connectivity index (χ2v) is 6.51. The zero-order valence-electron chi connectivity index (χ0n) is 14.6. The molecule has 0 aliphatic rings. The minimum atomic E-state index is -1.18. The molecule has 2 aromatic heterocycles. The lowest BCUT2D eigenvalue weighted by molar-refractivity contribution is -0.146. The molecule has 24 heavy (non-hydrogen) atoms. The van der Waals surface area contributed by atoms with Gasteiger partial charge in [0.05, 0.1) is 23.6 Å². The number of nitrogens with one attached hydrogen (secondary N) is 1. The van der Waals surface area contributed by atoms with Crippen LogP contribution in [0, 0.1) is 13.8 Å². The average molecular weight is 333 g/mol. The first kappa shape index (κ1) is 17.7. The van der Waals surface area contributed by atoms with Crippen LogP contribution in [-0.4, -0.2) is 36.5 Å². The molecular weight excluding hydrogens is 310 g/mol. The van der Waals surface area contributed by atoms with Gasteiger partial charge in [0.15, 0.2) is 5.54 Å². The number of carboxylic acid groups (broad SMARTS) is 1. The van der Waals surface area contributed by atoms with Gasteiger partial charge in [0, 0.05) is 18.3 Å². The van der Waals surface area contributed by atoms with Crippen molar-refractivity contribution in [3.8, 4) is 0 Å². The van der Waals surface area contributed by atoms with Gasteiger partial charge in [-0.15, -0.1) is 0 Å². The number of aliphatic carboxylic acids is 1. The van der Waals surface area contributed by atoms with E-state index in [1.807, 2.05) is 31.5 Å². The first-order valence-corrected chi connectivity index (χ1v) is 7.72. The third-order valence-corrected chi connectivity index (χ3v) is 3.91. The van der Waals surface area contributed by atoms with Crippen LogP contribution in [0.15, 0.2) is 18.5 Å². The fourth-order valence-corrected chi connectivity index (χ4v) is 2.45. The minimum Gasteiger partial charge on any atom is -0.479 e. The maximum absolute atomic E-state index is 12.2. The number of nitrogens with zero attached hydrogens (tertiary/aromatic N) is 4. The molecule has 2 rings (SSSR count). The highest BCUT2D eigenvalue weighted by molar-refractivity contribution is 5.90. The Hall–Kier alpha value is -2.64. The Kier molecular flexibility index (Phi) is 4.77. The maximum Gasteiger partial charge on any atom is 0.331 e. The van der Waals surface area contributed by atoms with Gasteiger partial charge in [0.1, 0.15) is 0 Å². The third kappa shape index (κ3) is 3.64. The zero-order chi connectivity index (χ0) is 18.1. The highest BCUT2D eigenvalue weighted by Crippen LogP contribution is 2.19. The van der Waals surface area contributed by atoms with E-state index in [1.165, 1.54) is 17.1 Å². The molecule has 0 radical (unpaired) electrons. The summed E-state index contributed by atoms with van der Waals surface area (Å²) in [4.78, 5) is 23.4. The second kappa shape index (κ2) is 6.46. The summed E-state index contributed by atoms with van der Waals surface area (Å²) in [5, 5.41) is 20.3. The number of hydrogen-bond donors (Lipinski definition) is 2. The largest absolute Gasteiger partial charge is 0.479 e. The molecule has 0 saturated carbocycles. The van der Waals surface area contributed by atoms with Crippen LogP contribution in [0.25, 0.3) is 0 Å². The summed E-state index contributed by atoms with van der Waals surface area (Å²) < 4.78 is 3.14. The van der Waals surface area contributed by atoms with Crippen molar-refractivity contribution in [2.75, 3.05) is 5.32 Å². The summed E-state index contributed by atoms with van der Waals surface area (Å²) in [6.07, 6.45) is 3.21. The predicted octanol–water partition coefficient (Wildman–Crippen LogP) is 2.11. The molecule has 0 aliphatic heterocycles. The normalized spacial score (nSPS) is 12.9. The van der Waals surface area contributed by atoms with Gasteiger partial charge in [-0.1, -0.05) is 0 Å². The van der Waals surface area contributed by atoms with Crippen LogP contribution in [0.5, 0.6) is 0 Å². The quantitative estimate of drug-likeness (QED) is 0.843. The lowest BCUT2D eigenvalue weighted by Gasteiger charge is -2.19. The van der Waals surface area contributed by atoms with Crippen molar-refractivity contribution in [3.05, 3.63) is 29.8 Å². The standard InChI is InChI=1S/C16H23N5O3/c1-10-6-11(2)21(19-10)12(3)7-14(22)18-13-8-17-20(9-13)16(4,5)15(23)24/h6,8-9,12H,7H2,1-5H3,(H,18,22)(H,23,24). The molecule has 2 aromatic rings. The van der Waals surface area contributed by atoms with E-state index in [1.54, 1.807) is 13.8 Å². The lowest BCUT2D eigenvalue weighted by atomic mass is 10.1. The molecule has 0 saturated heterocycles. The Morgan fingerprint density at radius 2 is 2.04 bits per heavy atom. The molecule has 2 heterocycles. The molecule has 0 spiro atoms. The van der Waals surface area contributed by atoms with E-state index < -0.39 is 11.5 Å². The van der Waals surface area contributed by atoms with Gasteiger partial charge in [-0.2, -0.15) is 10.2 Å². The Morgan fingerprint density at radius 3 is 2.58 bits per heavy atom. The van der Waals surface area contributed by atoms with Gasteiger partial charge < -0.3 is 10.4 Å². The van der Waals surface area contributed by atoms with E-state index in [9.17, 15) is 14.7 Å². The summed E-state index contributed by atoms with van der Waals surface area (Å²) in [5.74, 6) is -1.18. The van der Waals surface area contributed by atoms with E-state index in [2.05, 4.69) is 15.5 Å². The third-order valence-electron chi connectivity index (χ3n) is 3.91. The van der Waals surface area contributed by atoms with Crippen LogP contribution in [0.3, 0.4) is 0 Å². The van der Waals surface area contributed by atoms with Crippen molar-refractivity contribution in [1.29, 1.82) is 0 Å². The van der Waals surface area contributed by atoms with Crippen LogP contribution in [0.1, 0.15) is 44.6 Å². The highest BCUT2D eigenvalue weighted by Gasteiger charge is 2.30. The van der Waals surface area contributed by atoms with Crippen LogP contribution in [0.2, 0.25) is 0 Å². The number of carbonyl (C=O) groups is 2. The van der Waals surface area contributed by atoms with Crippen molar-refractivity contribution >= 4 is 17.6 Å². The number of carbonyl (C=O) groups excluding carboxylic acids is 1. The summed E-state index contributed by atoms with van der Waals surface area (Å²) in [5.41, 5.74) is 1.20. The maximum atomic E-state index is 12.2. The molecule has 1 amide bonds. The van der Waals surface area contributed by atoms with Crippen molar-refractivity contribution in [2.24, 2.45) is 0 Å². The summed E-state index contributed by atoms with van der Waals surface area (Å²) in [6.45, 7) is 8.87. The first-order chi connectivity index (χ1) is 11.1. The van der Waals surface area contributed by atoms with Crippen molar-refractivity contribution in [1.82, 2.24) is 19.6 Å². The molecule has 0 bridgehead atoms. The Balaban J connectivity index is 2.02. The van der Waals surface area contributed by atoms with E-state index in [0.29, 0.717) is 5.69 Å². The number of aryl methyl sites for hydroxylation is 2. The van der Waals surface area contributed by atoms with E-state index in [4.69, 9.17) is 0 Å². The van der Waals surface area contributed by atoms with Crippen molar-refractivity contribution < 1.29 is 14.7 Å². The molecule has 8 nitrogen and oxygen atoms in total. The smallest absolute Gasteiger partial charge is 0.331 e. The molecule has 1 atom stereocenters. The van der Waals surface area contributed by atoms with Crippen LogP contribution in [0.4, 0.5) is 5.69 Å². The molecule has 130 valence electrons. The van der Waals surface area contributed by atoms with E-state index in [0.717, 1.165) is 11.4 Å². The Morgan fingerprint density at radius 1 is 1.38 bits per heavy atom. The van der Waals surface area contributed by atoms with Crippen molar-refractivity contribution in [3.63, 3.8) is 0 Å². The number of hydrogen-bond acceptors (Lipinski definition) is 4. The van der Waals surface area contributed by atoms with E-state index in [-0.39, 0.29) is 18.4 Å². The monoisotopic (exact) mass is 333 g/mol. The first-order valence-electron chi connectivity index (χ1n) is 7.72. The molecule has 2 N–H and O–H groups in total. The summed E-state index contributed by atoms with van der Waals surface area (Å²) in [6, 6.07) is 1.89. The lowest BCUT2D eigenvalue weighted by Crippen LogP contribution is -2.35. The number of anilines is 1. The minimum absolute atomic E-state index is 0.0794. The fraction of sp³-hybridized carbons (Fsp3) is 0.500. The molecule has 0 aliphatic carbocycles. The SMILES string of the molecule is Cc1cc(C)n(C(C)CC(=O)Nc2cnn(C(C)(C)C(=O)O)c2)n1. The van der Waals surface area contributed by atoms with Gasteiger partial charge in [0.25, 0.3) is 0 Å². The van der Waals surface area contributed by atoms with Gasteiger partial charge in [0.2, 0.25) is 5.91 Å². The van der Waals surface area contributed by atoms with Crippen molar-refractivity contribution in [2.45, 2.75) is 52.6 Å². The number of carboxylic acids is 1. The van der Waals surface area contributed by atoms with Gasteiger partial charge in [-0.3, -0.25) is 14.2 Å². The summed E-state index contributed by atoms with van der Waals surface area (Å²) >= 11 is 0. The molecule has 0 aromatic carbocycles. The fourth-order valence-electron chi connectivity index (χ4n) is 2.45. The molecular formula is C16H23N5O3. The van der Waals surface area contributed by atoms with Crippen LogP contribution >= 0.6 is 0 Å². The molecule has 1 unspecified atom stereocenters. The summed E-state index contributed by atoms with van der Waals surface area (Å²) in [7, 11) is 0. The van der Waals surface area contributed by atoms with Crippen LogP contribution in [-0.2, 0) is 15.1 Å². The topological polar surface area (TPSA) is 102 Å². The van der Waals surface area contributed by atoms with Gasteiger partial charge >= 0.3 is 5.97 Å². The molecule has 8 heteroatoms. The number of amides is 1. The highest BCUT2D eigenvalue weighted by atomic mass is 16.4. The molecule has 0 fully saturated rings. The van der Waals surface area contributed by atoms with Gasteiger partial charge in [-0.25, -0.2) is 4.79 Å². The van der Waals surface area contributed by atoms with Crippen LogP contribution < -0.4 is 5.32 Å². The second-order valence-electron chi connectivity index (χ2n) is 6.51. The number of rotatable bonds is 6. The zero-order valence-corrected chi connectivity index (χ0v) is 14.6. The Bertz CT molecular complexity index is 760. The Labute approximate surface area is 140 Å². The number of aromatic nitrogens is 4. The van der Waals surface area contributed by atoms with Gasteiger partial charge in [-0.05, 0) is 40.7 Å². The average Bonchev–Trinajstić information content (AvgIpc) is 3.05. The predicted molar refractivity (Wildman–Crippen MR) is 88.8 cm³/mol. The van der Waals surface area contributed by atoms with E-state index >= 15 is 0 Å².